The van der Waals surface area contributed by atoms with Gasteiger partial charge in [-0.05, 0) is 154 Å². The van der Waals surface area contributed by atoms with Gasteiger partial charge < -0.3 is 33.8 Å². The molecule has 0 fully saturated rings. The van der Waals surface area contributed by atoms with E-state index < -0.39 is 97.5 Å². The van der Waals surface area contributed by atoms with E-state index in [0.717, 1.165) is 180 Å². The molecule has 5 atom stereocenters. The van der Waals surface area contributed by atoms with Crippen LogP contribution in [-0.2, 0) is 65.4 Å². The highest BCUT2D eigenvalue weighted by atomic mass is 31.2. The van der Waals surface area contributed by atoms with Crippen LogP contribution in [0.4, 0.5) is 0 Å². The number of hydrogen-bond donors (Lipinski definition) is 3. The zero-order valence-electron chi connectivity index (χ0n) is 65.8. The summed E-state index contributed by atoms with van der Waals surface area (Å²) < 4.78 is 68.5. The van der Waals surface area contributed by atoms with Gasteiger partial charge in [0.05, 0.1) is 32.8 Å². The molecule has 0 spiro atoms. The van der Waals surface area contributed by atoms with E-state index >= 15 is 0 Å². The van der Waals surface area contributed by atoms with Gasteiger partial charge >= 0.3 is 39.5 Å². The molecule has 106 heavy (non-hydrogen) atoms. The summed E-state index contributed by atoms with van der Waals surface area (Å²) in [6.07, 6.45) is 92.2. The molecule has 19 heteroatoms. The van der Waals surface area contributed by atoms with Crippen molar-refractivity contribution >= 4 is 39.5 Å². The van der Waals surface area contributed by atoms with Crippen LogP contribution in [0.2, 0.25) is 0 Å². The summed E-state index contributed by atoms with van der Waals surface area (Å²) >= 11 is 0. The van der Waals surface area contributed by atoms with Crippen molar-refractivity contribution in [2.24, 2.45) is 0 Å². The first-order valence-electron chi connectivity index (χ1n) is 40.4. The van der Waals surface area contributed by atoms with Crippen LogP contribution < -0.4 is 0 Å². The van der Waals surface area contributed by atoms with Crippen molar-refractivity contribution in [2.45, 2.75) is 316 Å². The highest BCUT2D eigenvalue weighted by Gasteiger charge is 2.30. The Bertz CT molecular complexity index is 2680. The van der Waals surface area contributed by atoms with E-state index in [4.69, 9.17) is 37.0 Å². The van der Waals surface area contributed by atoms with Crippen LogP contribution in [0.3, 0.4) is 0 Å². The summed E-state index contributed by atoms with van der Waals surface area (Å²) in [6.45, 7) is 4.36. The Kier molecular flexibility index (Phi) is 73.5. The standard InChI is InChI=1S/C87H142O17P2/c1-5-9-13-17-21-25-29-33-37-39-40-42-46-48-52-56-60-64-68-72-85(90)98-78-83(104-87(92)74-70-66-62-58-54-50-44-36-32-28-24-20-16-12-8-4)80-102-106(95,96)100-76-81(88)75-99-105(93,94)101-79-82(103-86(91)73-69-65-61-57-53-49-43-35-31-27-23-19-15-11-7-3)77-97-84(89)71-67-63-59-55-51-47-45-41-38-34-30-26-22-18-14-10-6-2/h9-11,13-15,21-23,25-27,33-38,40,42-45,47,53,57,65,69,81-83,88H,5-8,12,16-20,24,28-32,39,41,46,48-52,54-56,58-64,66-68,70-80H2,1-4H3,(H,93,94)(H,95,96)/b13-9-,14-10-,15-11-,25-21-,26-22-,27-23-,37-33-,38-34-,42-40-,43-35-,44-36-,47-45-,57-53-,69-65-. The molecule has 5 unspecified atom stereocenters. The number of ether oxygens (including phenoxy) is 4. The van der Waals surface area contributed by atoms with Gasteiger partial charge in [-0.15, -0.1) is 0 Å². The van der Waals surface area contributed by atoms with Crippen LogP contribution in [0.15, 0.2) is 170 Å². The second-order valence-corrected chi connectivity index (χ2v) is 29.1. The van der Waals surface area contributed by atoms with E-state index in [9.17, 15) is 43.2 Å². The lowest BCUT2D eigenvalue weighted by molar-refractivity contribution is -0.161. The number of allylic oxidation sites excluding steroid dienone is 27. The molecular formula is C87H142O17P2. The first-order chi connectivity index (χ1) is 51.7. The molecule has 3 N–H and O–H groups in total. The van der Waals surface area contributed by atoms with Crippen molar-refractivity contribution in [1.82, 2.24) is 0 Å². The second kappa shape index (κ2) is 77.6. The molecule has 0 saturated heterocycles. The minimum Gasteiger partial charge on any atom is -0.462 e. The fraction of sp³-hybridized carbons (Fsp3) is 0.632. The Hall–Kier alpha value is -5.58. The molecule has 602 valence electrons. The summed E-state index contributed by atoms with van der Waals surface area (Å²) in [7, 11) is -10.0. The molecule has 0 aliphatic heterocycles. The molecule has 0 aromatic carbocycles. The fourth-order valence-electron chi connectivity index (χ4n) is 10.2. The Labute approximate surface area is 642 Å². The van der Waals surface area contributed by atoms with Crippen LogP contribution in [0.5, 0.6) is 0 Å². The lowest BCUT2D eigenvalue weighted by Gasteiger charge is -2.21. The van der Waals surface area contributed by atoms with Gasteiger partial charge in [0.25, 0.3) is 0 Å². The minimum atomic E-state index is -5.02. The van der Waals surface area contributed by atoms with Crippen molar-refractivity contribution in [2.75, 3.05) is 39.6 Å². The lowest BCUT2D eigenvalue weighted by atomic mass is 10.1. The predicted molar refractivity (Wildman–Crippen MR) is 436 cm³/mol. The SMILES string of the molecule is CC/C=C\C/C=C\C/C=C\C/C=C\C/C=C\CC(=O)OC(COC(=O)CCCCCC/C=C\C/C=C\C/C=C\C/C=C\CC)COP(=O)(O)OCC(O)COP(=O)(O)OCC(COC(=O)CCCCCCCC/C=C\C/C=C\C/C=C\C/C=C\CC)OC(=O)CCCCCCC/C=C\CCCCCCCC. The van der Waals surface area contributed by atoms with Crippen molar-refractivity contribution in [3.63, 3.8) is 0 Å². The first-order valence-corrected chi connectivity index (χ1v) is 43.4. The normalized spacial score (nSPS) is 14.7. The van der Waals surface area contributed by atoms with Gasteiger partial charge in [0.2, 0.25) is 0 Å². The summed E-state index contributed by atoms with van der Waals surface area (Å²) in [5.41, 5.74) is 0. The maximum Gasteiger partial charge on any atom is 0.472 e. The number of unbranched alkanes of at least 4 members (excludes halogenated alkanes) is 21. The summed E-state index contributed by atoms with van der Waals surface area (Å²) in [5.74, 6) is -2.38. The van der Waals surface area contributed by atoms with Crippen molar-refractivity contribution in [1.29, 1.82) is 0 Å². The average Bonchev–Trinajstić information content (AvgIpc) is 0.902. The molecule has 0 saturated carbocycles. The maximum absolute atomic E-state index is 13.1. The van der Waals surface area contributed by atoms with Gasteiger partial charge in [-0.3, -0.25) is 37.3 Å². The molecule has 0 amide bonds. The molecule has 0 bridgehead atoms. The highest BCUT2D eigenvalue weighted by molar-refractivity contribution is 7.47. The Morgan fingerprint density at radius 2 is 0.528 bits per heavy atom. The van der Waals surface area contributed by atoms with Crippen LogP contribution >= 0.6 is 15.6 Å². The molecule has 0 aromatic rings. The third kappa shape index (κ3) is 76.6. The van der Waals surface area contributed by atoms with Crippen LogP contribution in [0.1, 0.15) is 297 Å². The van der Waals surface area contributed by atoms with Crippen molar-refractivity contribution in [3.05, 3.63) is 170 Å². The smallest absolute Gasteiger partial charge is 0.462 e. The largest absolute Gasteiger partial charge is 0.472 e. The van der Waals surface area contributed by atoms with E-state index in [1.54, 1.807) is 12.2 Å². The van der Waals surface area contributed by atoms with Crippen LogP contribution in [0, 0.1) is 0 Å². The van der Waals surface area contributed by atoms with Gasteiger partial charge in [0.1, 0.15) is 19.3 Å². The third-order valence-corrected chi connectivity index (χ3v) is 18.1. The van der Waals surface area contributed by atoms with Gasteiger partial charge in [0.15, 0.2) is 12.2 Å². The predicted octanol–water partition coefficient (Wildman–Crippen LogP) is 23.8. The minimum absolute atomic E-state index is 0.0737. The number of hydrogen-bond acceptors (Lipinski definition) is 15. The zero-order chi connectivity index (χ0) is 77.4. The van der Waals surface area contributed by atoms with Crippen molar-refractivity contribution in [3.8, 4) is 0 Å². The molecule has 0 aromatic heterocycles. The molecular weight excluding hydrogens is 1380 g/mol. The van der Waals surface area contributed by atoms with Crippen LogP contribution in [0.25, 0.3) is 0 Å². The van der Waals surface area contributed by atoms with Gasteiger partial charge in [-0.1, -0.05) is 288 Å². The van der Waals surface area contributed by atoms with E-state index in [1.165, 1.54) is 38.5 Å². The first kappa shape index (κ1) is 100. The number of rotatable bonds is 74. The van der Waals surface area contributed by atoms with Crippen molar-refractivity contribution < 1.29 is 80.2 Å². The van der Waals surface area contributed by atoms with E-state index in [-0.39, 0.29) is 25.7 Å². The van der Waals surface area contributed by atoms with Gasteiger partial charge in [0, 0.05) is 19.3 Å². The number of phosphoric ester groups is 2. The molecule has 17 nitrogen and oxygen atoms in total. The van der Waals surface area contributed by atoms with Gasteiger partial charge in [-0.2, -0.15) is 0 Å². The monoisotopic (exact) mass is 1520 g/mol. The fourth-order valence-corrected chi connectivity index (χ4v) is 11.7. The van der Waals surface area contributed by atoms with E-state index in [0.29, 0.717) is 25.7 Å². The number of carbonyl (C=O) groups excluding carboxylic acids is 4. The zero-order valence-corrected chi connectivity index (χ0v) is 67.6. The Morgan fingerprint density at radius 3 is 0.849 bits per heavy atom. The summed E-state index contributed by atoms with van der Waals surface area (Å²) in [4.78, 5) is 73.0. The third-order valence-electron chi connectivity index (χ3n) is 16.2. The maximum atomic E-state index is 13.1. The number of aliphatic hydroxyl groups is 1. The number of aliphatic hydroxyl groups excluding tert-OH is 1. The molecule has 0 aliphatic carbocycles. The molecule has 0 aliphatic rings. The number of carbonyl (C=O) groups is 4. The highest BCUT2D eigenvalue weighted by Crippen LogP contribution is 2.45. The summed E-state index contributed by atoms with van der Waals surface area (Å²) in [5, 5.41) is 10.6. The quantitative estimate of drug-likeness (QED) is 0.0169. The molecule has 0 rings (SSSR count). The summed E-state index contributed by atoms with van der Waals surface area (Å²) in [6, 6.07) is 0. The molecule has 0 radical (unpaired) electrons. The van der Waals surface area contributed by atoms with E-state index in [1.807, 2.05) is 12.2 Å². The van der Waals surface area contributed by atoms with E-state index in [2.05, 4.69) is 174 Å². The Balaban J connectivity index is 5.47. The Morgan fingerprint density at radius 1 is 0.283 bits per heavy atom. The number of phosphoric acid groups is 2. The average molecular weight is 1520 g/mol. The molecule has 0 heterocycles. The lowest BCUT2D eigenvalue weighted by Crippen LogP contribution is -2.30. The topological polar surface area (TPSA) is 237 Å². The van der Waals surface area contributed by atoms with Crippen LogP contribution in [-0.4, -0.2) is 96.7 Å². The van der Waals surface area contributed by atoms with Gasteiger partial charge in [-0.25, -0.2) is 9.13 Å². The second-order valence-electron chi connectivity index (χ2n) is 26.2. The number of esters is 4.